The highest BCUT2D eigenvalue weighted by Gasteiger charge is 2.58. The summed E-state index contributed by atoms with van der Waals surface area (Å²) in [7, 11) is 0. The first-order valence-electron chi connectivity index (χ1n) is 8.63. The van der Waals surface area contributed by atoms with Crippen LogP contribution in [0.25, 0.3) is 0 Å². The standard InChI is InChI=1S/C20H30O5/c1-11(2)7-9-14-18(23)16(17(22)13(5)6)19(24)20(14,25)15(21)10-8-12(3)4/h7-8,13-15,21,24-25H,9-10H2,1-6H3/t14-,15-,20-/m1/s1. The SMILES string of the molecule is CC(C)=CC[C@@H](O)[C@@]1(O)C(O)=C(C(=O)C(C)C)C(=O)[C@H]1CC=C(C)C. The molecule has 0 saturated carbocycles. The summed E-state index contributed by atoms with van der Waals surface area (Å²) in [4.78, 5) is 25.1. The van der Waals surface area contributed by atoms with Crippen LogP contribution in [0.5, 0.6) is 0 Å². The summed E-state index contributed by atoms with van der Waals surface area (Å²) in [6, 6.07) is 0. The van der Waals surface area contributed by atoms with Crippen LogP contribution in [-0.2, 0) is 9.59 Å². The molecule has 1 rings (SSSR count). The topological polar surface area (TPSA) is 94.8 Å². The average Bonchev–Trinajstić information content (AvgIpc) is 2.69. The molecule has 3 atom stereocenters. The van der Waals surface area contributed by atoms with Crippen molar-refractivity contribution < 1.29 is 24.9 Å². The minimum absolute atomic E-state index is 0.0741. The monoisotopic (exact) mass is 350 g/mol. The van der Waals surface area contributed by atoms with Crippen molar-refractivity contribution >= 4 is 11.6 Å². The average molecular weight is 350 g/mol. The van der Waals surface area contributed by atoms with Crippen LogP contribution in [0.1, 0.15) is 54.4 Å². The Morgan fingerprint density at radius 1 is 1.16 bits per heavy atom. The lowest BCUT2D eigenvalue weighted by Gasteiger charge is -2.33. The zero-order valence-corrected chi connectivity index (χ0v) is 16.0. The maximum absolute atomic E-state index is 12.8. The molecular formula is C20H30O5. The quantitative estimate of drug-likeness (QED) is 0.484. The Kier molecular flexibility index (Phi) is 6.91. The predicted octanol–water partition coefficient (Wildman–Crippen LogP) is 3.03. The Balaban J connectivity index is 3.42. The Morgan fingerprint density at radius 3 is 2.12 bits per heavy atom. The third-order valence-electron chi connectivity index (χ3n) is 4.50. The van der Waals surface area contributed by atoms with Crippen molar-refractivity contribution in [3.8, 4) is 0 Å². The molecule has 140 valence electrons. The van der Waals surface area contributed by atoms with Crippen LogP contribution < -0.4 is 0 Å². The molecule has 0 aromatic heterocycles. The van der Waals surface area contributed by atoms with Gasteiger partial charge in [-0.25, -0.2) is 0 Å². The van der Waals surface area contributed by atoms with Crippen LogP contribution in [0, 0.1) is 11.8 Å². The summed E-state index contributed by atoms with van der Waals surface area (Å²) in [5.41, 5.74) is -0.651. The molecule has 0 radical (unpaired) electrons. The number of allylic oxidation sites excluding steroid dienone is 4. The number of ketones is 2. The Morgan fingerprint density at radius 2 is 1.68 bits per heavy atom. The van der Waals surface area contributed by atoms with E-state index in [-0.39, 0.29) is 18.4 Å². The van der Waals surface area contributed by atoms with Gasteiger partial charge in [-0.05, 0) is 40.5 Å². The largest absolute Gasteiger partial charge is 0.508 e. The molecule has 25 heavy (non-hydrogen) atoms. The third-order valence-corrected chi connectivity index (χ3v) is 4.50. The fourth-order valence-electron chi connectivity index (χ4n) is 2.94. The molecule has 5 nitrogen and oxygen atoms in total. The van der Waals surface area contributed by atoms with Crippen molar-refractivity contribution in [3.63, 3.8) is 0 Å². The number of aliphatic hydroxyl groups excluding tert-OH is 2. The van der Waals surface area contributed by atoms with Gasteiger partial charge in [0, 0.05) is 5.92 Å². The van der Waals surface area contributed by atoms with Crippen LogP contribution in [0.15, 0.2) is 34.6 Å². The summed E-state index contributed by atoms with van der Waals surface area (Å²) in [5.74, 6) is -3.40. The van der Waals surface area contributed by atoms with Crippen molar-refractivity contribution in [1.82, 2.24) is 0 Å². The highest BCUT2D eigenvalue weighted by atomic mass is 16.4. The van der Waals surface area contributed by atoms with E-state index in [1.54, 1.807) is 26.0 Å². The molecule has 0 spiro atoms. The maximum atomic E-state index is 12.8. The van der Waals surface area contributed by atoms with Crippen LogP contribution >= 0.6 is 0 Å². The normalized spacial score (nSPS) is 24.5. The number of aliphatic hydroxyl groups is 3. The van der Waals surface area contributed by atoms with E-state index in [0.29, 0.717) is 0 Å². The van der Waals surface area contributed by atoms with E-state index in [4.69, 9.17) is 0 Å². The van der Waals surface area contributed by atoms with Crippen molar-refractivity contribution in [2.24, 2.45) is 11.8 Å². The van der Waals surface area contributed by atoms with E-state index in [1.165, 1.54) is 0 Å². The van der Waals surface area contributed by atoms with Gasteiger partial charge in [0.05, 0.1) is 12.0 Å². The maximum Gasteiger partial charge on any atom is 0.176 e. The van der Waals surface area contributed by atoms with Gasteiger partial charge in [0.2, 0.25) is 0 Å². The second-order valence-corrected chi connectivity index (χ2v) is 7.53. The molecule has 0 fully saturated rings. The lowest BCUT2D eigenvalue weighted by atomic mass is 9.80. The first-order chi connectivity index (χ1) is 11.4. The van der Waals surface area contributed by atoms with Crippen molar-refractivity contribution in [2.75, 3.05) is 0 Å². The van der Waals surface area contributed by atoms with E-state index in [2.05, 4.69) is 0 Å². The van der Waals surface area contributed by atoms with E-state index in [9.17, 15) is 24.9 Å². The van der Waals surface area contributed by atoms with E-state index < -0.39 is 40.9 Å². The van der Waals surface area contributed by atoms with Crippen molar-refractivity contribution in [2.45, 2.75) is 66.1 Å². The summed E-state index contributed by atoms with van der Waals surface area (Å²) in [5, 5.41) is 32.2. The van der Waals surface area contributed by atoms with Gasteiger partial charge in [0.15, 0.2) is 17.2 Å². The zero-order valence-electron chi connectivity index (χ0n) is 16.0. The summed E-state index contributed by atoms with van der Waals surface area (Å²) in [6.07, 6.45) is 2.31. The van der Waals surface area contributed by atoms with Gasteiger partial charge >= 0.3 is 0 Å². The molecule has 0 aromatic rings. The van der Waals surface area contributed by atoms with Gasteiger partial charge in [-0.2, -0.15) is 0 Å². The fourth-order valence-corrected chi connectivity index (χ4v) is 2.94. The Bertz CT molecular complexity index is 630. The molecule has 1 aliphatic carbocycles. The molecule has 3 N–H and O–H groups in total. The molecule has 1 aliphatic rings. The molecule has 0 unspecified atom stereocenters. The molecule has 0 saturated heterocycles. The fraction of sp³-hybridized carbons (Fsp3) is 0.600. The molecule has 5 heteroatoms. The van der Waals surface area contributed by atoms with E-state index in [1.807, 2.05) is 27.7 Å². The summed E-state index contributed by atoms with van der Waals surface area (Å²) < 4.78 is 0. The highest BCUT2D eigenvalue weighted by molar-refractivity contribution is 6.24. The second-order valence-electron chi connectivity index (χ2n) is 7.53. The minimum Gasteiger partial charge on any atom is -0.508 e. The van der Waals surface area contributed by atoms with Gasteiger partial charge in [-0.15, -0.1) is 0 Å². The van der Waals surface area contributed by atoms with Gasteiger partial charge in [0.1, 0.15) is 11.3 Å². The first kappa shape index (κ1) is 21.3. The zero-order chi connectivity index (χ0) is 19.5. The van der Waals surface area contributed by atoms with Gasteiger partial charge in [-0.3, -0.25) is 9.59 Å². The van der Waals surface area contributed by atoms with Gasteiger partial charge in [0.25, 0.3) is 0 Å². The molecule has 0 bridgehead atoms. The Labute approximate surface area is 149 Å². The molecule has 0 aliphatic heterocycles. The number of hydrogen-bond donors (Lipinski definition) is 3. The lowest BCUT2D eigenvalue weighted by Crippen LogP contribution is -2.49. The number of carbonyl (C=O) groups is 2. The lowest BCUT2D eigenvalue weighted by molar-refractivity contribution is -0.134. The summed E-state index contributed by atoms with van der Waals surface area (Å²) in [6.45, 7) is 10.6. The van der Waals surface area contributed by atoms with Crippen molar-refractivity contribution in [1.29, 1.82) is 0 Å². The van der Waals surface area contributed by atoms with Crippen LogP contribution in [0.4, 0.5) is 0 Å². The Hall–Kier alpha value is -1.72. The predicted molar refractivity (Wildman–Crippen MR) is 97.0 cm³/mol. The number of Topliss-reactive ketones (excluding diaryl/α,β-unsaturated/α-hetero) is 2. The second kappa shape index (κ2) is 8.11. The number of carbonyl (C=O) groups excluding carboxylic acids is 2. The highest BCUT2D eigenvalue weighted by Crippen LogP contribution is 2.43. The molecule has 0 aromatic carbocycles. The first-order valence-corrected chi connectivity index (χ1v) is 8.63. The molecular weight excluding hydrogens is 320 g/mol. The molecule has 0 amide bonds. The third kappa shape index (κ3) is 4.28. The van der Waals surface area contributed by atoms with E-state index >= 15 is 0 Å². The minimum atomic E-state index is -2.16. The van der Waals surface area contributed by atoms with E-state index in [0.717, 1.165) is 11.1 Å². The number of rotatable bonds is 7. The van der Waals surface area contributed by atoms with Crippen LogP contribution in [0.2, 0.25) is 0 Å². The molecule has 0 heterocycles. The summed E-state index contributed by atoms with van der Waals surface area (Å²) >= 11 is 0. The van der Waals surface area contributed by atoms with Crippen LogP contribution in [0.3, 0.4) is 0 Å². The van der Waals surface area contributed by atoms with Crippen LogP contribution in [-0.4, -0.2) is 38.6 Å². The van der Waals surface area contributed by atoms with Crippen molar-refractivity contribution in [3.05, 3.63) is 34.6 Å². The smallest absolute Gasteiger partial charge is 0.176 e. The number of hydrogen-bond acceptors (Lipinski definition) is 5. The van der Waals surface area contributed by atoms with Gasteiger partial charge in [-0.1, -0.05) is 37.1 Å². The van der Waals surface area contributed by atoms with Gasteiger partial charge < -0.3 is 15.3 Å².